The van der Waals surface area contributed by atoms with Crippen LogP contribution < -0.4 is 10.6 Å². The molecular formula is C13H21N3O3S. The molecule has 1 heterocycles. The van der Waals surface area contributed by atoms with Gasteiger partial charge in [-0.15, -0.1) is 11.3 Å². The largest absolute Gasteiger partial charge is 0.450 e. The van der Waals surface area contributed by atoms with Crippen LogP contribution in [0.1, 0.15) is 30.7 Å². The van der Waals surface area contributed by atoms with Crippen molar-refractivity contribution in [1.29, 1.82) is 0 Å². The quantitative estimate of drug-likeness (QED) is 0.840. The molecule has 0 saturated carbocycles. The maximum atomic E-state index is 12.1. The lowest BCUT2D eigenvalue weighted by molar-refractivity contribution is -0.124. The Hall–Kier alpha value is -1.63. The monoisotopic (exact) mass is 299 g/mol. The Morgan fingerprint density at radius 3 is 2.65 bits per heavy atom. The van der Waals surface area contributed by atoms with Gasteiger partial charge < -0.3 is 15.4 Å². The molecule has 0 aliphatic heterocycles. The average molecular weight is 299 g/mol. The number of nitrogens with one attached hydrogen (secondary N) is 2. The van der Waals surface area contributed by atoms with Crippen molar-refractivity contribution in [2.75, 3.05) is 6.61 Å². The van der Waals surface area contributed by atoms with Gasteiger partial charge in [-0.05, 0) is 19.8 Å². The van der Waals surface area contributed by atoms with Gasteiger partial charge in [-0.3, -0.25) is 4.79 Å². The zero-order valence-corrected chi connectivity index (χ0v) is 13.0. The fraction of sp³-hybridized carbons (Fsp3) is 0.615. The zero-order valence-electron chi connectivity index (χ0n) is 12.2. The number of aromatic nitrogens is 1. The number of rotatable bonds is 6. The summed E-state index contributed by atoms with van der Waals surface area (Å²) in [6, 6.07) is -0.608. The number of aryl methyl sites for hydroxylation is 1. The number of hydrogen-bond acceptors (Lipinski definition) is 5. The van der Waals surface area contributed by atoms with Gasteiger partial charge in [0.1, 0.15) is 6.04 Å². The van der Waals surface area contributed by atoms with Crippen LogP contribution in [-0.4, -0.2) is 29.6 Å². The maximum absolute atomic E-state index is 12.1. The van der Waals surface area contributed by atoms with Crippen molar-refractivity contribution < 1.29 is 14.3 Å². The molecule has 112 valence electrons. The Kier molecular flexibility index (Phi) is 6.44. The summed E-state index contributed by atoms with van der Waals surface area (Å²) in [5.41, 5.74) is 0. The molecule has 1 aromatic heterocycles. The molecule has 2 amide bonds. The van der Waals surface area contributed by atoms with E-state index in [1.807, 2.05) is 20.8 Å². The third-order valence-electron chi connectivity index (χ3n) is 2.60. The van der Waals surface area contributed by atoms with Crippen LogP contribution in [0.5, 0.6) is 0 Å². The second-order valence-corrected chi connectivity index (χ2v) is 5.97. The molecule has 6 nitrogen and oxygen atoms in total. The van der Waals surface area contributed by atoms with Crippen LogP contribution in [0.25, 0.3) is 0 Å². The lowest BCUT2D eigenvalue weighted by Crippen LogP contribution is -2.49. The highest BCUT2D eigenvalue weighted by Gasteiger charge is 2.24. The normalized spacial score (nSPS) is 12.1. The molecule has 0 aliphatic rings. The fourth-order valence-electron chi connectivity index (χ4n) is 1.61. The molecule has 0 spiro atoms. The second-order valence-electron chi connectivity index (χ2n) is 4.65. The standard InChI is InChI=1S/C13H21N3O3S/c1-5-19-13(18)16-11(8(2)3)12(17)15-7-10-6-14-9(4)20-10/h6,8,11H,5,7H2,1-4H3,(H,15,17)(H,16,18). The van der Waals surface area contributed by atoms with E-state index in [1.54, 1.807) is 13.1 Å². The molecule has 2 N–H and O–H groups in total. The van der Waals surface area contributed by atoms with E-state index in [2.05, 4.69) is 15.6 Å². The predicted octanol–water partition coefficient (Wildman–Crippen LogP) is 1.84. The van der Waals surface area contributed by atoms with Gasteiger partial charge in [0.15, 0.2) is 0 Å². The summed E-state index contributed by atoms with van der Waals surface area (Å²) < 4.78 is 4.80. The van der Waals surface area contributed by atoms with Gasteiger partial charge in [0.05, 0.1) is 18.2 Å². The molecule has 20 heavy (non-hydrogen) atoms. The highest BCUT2D eigenvalue weighted by atomic mass is 32.1. The lowest BCUT2D eigenvalue weighted by atomic mass is 10.0. The fourth-order valence-corrected chi connectivity index (χ4v) is 2.34. The van der Waals surface area contributed by atoms with Gasteiger partial charge >= 0.3 is 6.09 Å². The van der Waals surface area contributed by atoms with Crippen molar-refractivity contribution in [3.8, 4) is 0 Å². The first kappa shape index (κ1) is 16.4. The molecular weight excluding hydrogens is 278 g/mol. The molecule has 0 saturated heterocycles. The summed E-state index contributed by atoms with van der Waals surface area (Å²) in [6.07, 6.45) is 1.17. The zero-order chi connectivity index (χ0) is 15.1. The van der Waals surface area contributed by atoms with Crippen molar-refractivity contribution in [3.63, 3.8) is 0 Å². The number of carbonyl (C=O) groups is 2. The van der Waals surface area contributed by atoms with E-state index in [9.17, 15) is 9.59 Å². The summed E-state index contributed by atoms with van der Waals surface area (Å²) in [5.74, 6) is -0.248. The van der Waals surface area contributed by atoms with Gasteiger partial charge in [-0.2, -0.15) is 0 Å². The average Bonchev–Trinajstić information content (AvgIpc) is 2.79. The van der Waals surface area contributed by atoms with Crippen molar-refractivity contribution in [3.05, 3.63) is 16.1 Å². The maximum Gasteiger partial charge on any atom is 0.407 e. The molecule has 0 aliphatic carbocycles. The SMILES string of the molecule is CCOC(=O)NC(C(=O)NCc1cnc(C)s1)C(C)C. The summed E-state index contributed by atoms with van der Waals surface area (Å²) in [7, 11) is 0. The second kappa shape index (κ2) is 7.84. The highest BCUT2D eigenvalue weighted by molar-refractivity contribution is 7.11. The van der Waals surface area contributed by atoms with Crippen molar-refractivity contribution >= 4 is 23.3 Å². The molecule has 1 rings (SSSR count). The number of thiazole rings is 1. The first-order valence-electron chi connectivity index (χ1n) is 6.56. The molecule has 0 aromatic carbocycles. The number of nitrogens with zero attached hydrogens (tertiary/aromatic N) is 1. The minimum Gasteiger partial charge on any atom is -0.450 e. The van der Waals surface area contributed by atoms with E-state index in [-0.39, 0.29) is 18.4 Å². The van der Waals surface area contributed by atoms with Crippen LogP contribution in [0, 0.1) is 12.8 Å². The van der Waals surface area contributed by atoms with E-state index in [4.69, 9.17) is 4.74 Å². The van der Waals surface area contributed by atoms with E-state index in [0.29, 0.717) is 6.54 Å². The van der Waals surface area contributed by atoms with Gasteiger partial charge in [-0.1, -0.05) is 13.8 Å². The van der Waals surface area contributed by atoms with Crippen LogP contribution in [0.15, 0.2) is 6.20 Å². The smallest absolute Gasteiger partial charge is 0.407 e. The van der Waals surface area contributed by atoms with Gasteiger partial charge in [0, 0.05) is 11.1 Å². The number of amides is 2. The Morgan fingerprint density at radius 2 is 2.15 bits per heavy atom. The van der Waals surface area contributed by atoms with Crippen LogP contribution in [0.3, 0.4) is 0 Å². The molecule has 0 bridgehead atoms. The topological polar surface area (TPSA) is 80.3 Å². The molecule has 7 heteroatoms. The molecule has 1 atom stereocenters. The number of ether oxygens (including phenoxy) is 1. The predicted molar refractivity (Wildman–Crippen MR) is 77.5 cm³/mol. The third kappa shape index (κ3) is 5.16. The summed E-state index contributed by atoms with van der Waals surface area (Å²) in [5, 5.41) is 6.33. The van der Waals surface area contributed by atoms with Crippen LogP contribution >= 0.6 is 11.3 Å². The van der Waals surface area contributed by atoms with Crippen molar-refractivity contribution in [2.45, 2.75) is 40.3 Å². The van der Waals surface area contributed by atoms with E-state index in [0.717, 1.165) is 9.88 Å². The third-order valence-corrected chi connectivity index (χ3v) is 3.52. The Morgan fingerprint density at radius 1 is 1.45 bits per heavy atom. The van der Waals surface area contributed by atoms with Crippen molar-refractivity contribution in [1.82, 2.24) is 15.6 Å². The minimum atomic E-state index is -0.608. The number of alkyl carbamates (subject to hydrolysis) is 1. The van der Waals surface area contributed by atoms with E-state index < -0.39 is 12.1 Å². The number of carbonyl (C=O) groups excluding carboxylic acids is 2. The summed E-state index contributed by atoms with van der Waals surface area (Å²) >= 11 is 1.53. The van der Waals surface area contributed by atoms with Crippen LogP contribution in [-0.2, 0) is 16.1 Å². The summed E-state index contributed by atoms with van der Waals surface area (Å²) in [6.45, 7) is 8.06. The molecule has 1 unspecified atom stereocenters. The highest BCUT2D eigenvalue weighted by Crippen LogP contribution is 2.11. The Labute approximate surface area is 122 Å². The Balaban J connectivity index is 2.53. The lowest BCUT2D eigenvalue weighted by Gasteiger charge is -2.21. The van der Waals surface area contributed by atoms with Gasteiger partial charge in [0.25, 0.3) is 0 Å². The molecule has 1 aromatic rings. The van der Waals surface area contributed by atoms with E-state index in [1.165, 1.54) is 11.3 Å². The summed E-state index contributed by atoms with van der Waals surface area (Å²) in [4.78, 5) is 28.6. The van der Waals surface area contributed by atoms with Crippen molar-refractivity contribution in [2.24, 2.45) is 5.92 Å². The van der Waals surface area contributed by atoms with Crippen LogP contribution in [0.4, 0.5) is 4.79 Å². The molecule has 0 fully saturated rings. The van der Waals surface area contributed by atoms with Gasteiger partial charge in [-0.25, -0.2) is 9.78 Å². The van der Waals surface area contributed by atoms with Crippen LogP contribution in [0.2, 0.25) is 0 Å². The van der Waals surface area contributed by atoms with E-state index >= 15 is 0 Å². The minimum absolute atomic E-state index is 0.0254. The number of hydrogen-bond donors (Lipinski definition) is 2. The molecule has 0 radical (unpaired) electrons. The first-order valence-corrected chi connectivity index (χ1v) is 7.38. The first-order chi connectivity index (χ1) is 9.43. The van der Waals surface area contributed by atoms with Gasteiger partial charge in [0.2, 0.25) is 5.91 Å². The Bertz CT molecular complexity index is 459.